The summed E-state index contributed by atoms with van der Waals surface area (Å²) in [6.45, 7) is 0. The average molecular weight is 165 g/mol. The Kier molecular flexibility index (Phi) is 1.91. The zero-order valence-electron chi connectivity index (χ0n) is 12.3. The summed E-state index contributed by atoms with van der Waals surface area (Å²) in [5, 5.41) is 0. The van der Waals surface area contributed by atoms with E-state index in [9.17, 15) is 0 Å². The van der Waals surface area contributed by atoms with Crippen molar-refractivity contribution in [1.29, 1.82) is 0 Å². The maximum atomic E-state index is 7.79. The van der Waals surface area contributed by atoms with Gasteiger partial charge in [0.25, 0.3) is 0 Å². The predicted molar refractivity (Wildman–Crippen MR) is 50.7 cm³/mol. The molecule has 0 saturated carbocycles. The van der Waals surface area contributed by atoms with Gasteiger partial charge in [-0.15, -0.1) is 5.56 Å². The van der Waals surface area contributed by atoms with Crippen LogP contribution in [0, 0.1) is 6.07 Å². The van der Waals surface area contributed by atoms with Crippen molar-refractivity contribution in [2.45, 2.75) is 0 Å². The van der Waals surface area contributed by atoms with Crippen LogP contribution in [-0.4, -0.2) is 0 Å². The molecule has 0 aliphatic rings. The van der Waals surface area contributed by atoms with Crippen LogP contribution in [0.3, 0.4) is 0 Å². The molecule has 2 rings (SSSR count). The molecule has 0 fully saturated rings. The van der Waals surface area contributed by atoms with E-state index in [1.54, 1.807) is 24.3 Å². The molecular formula is C12H9Li. The second-order valence-electron chi connectivity index (χ2n) is 2.29. The van der Waals surface area contributed by atoms with E-state index in [0.717, 1.165) is 0 Å². The molecule has 0 spiro atoms. The topological polar surface area (TPSA) is 0 Å². The van der Waals surface area contributed by atoms with Gasteiger partial charge >= 0.3 is 18.9 Å². The zero-order chi connectivity index (χ0) is 12.6. The summed E-state index contributed by atoms with van der Waals surface area (Å²) in [5.74, 6) is 0. The van der Waals surface area contributed by atoms with Crippen LogP contribution in [0.1, 0.15) is 6.85 Å². The Morgan fingerprint density at radius 2 is 1.85 bits per heavy atom. The van der Waals surface area contributed by atoms with Crippen molar-refractivity contribution in [3.8, 4) is 11.1 Å². The molecular weight excluding hydrogens is 151 g/mol. The zero-order valence-corrected chi connectivity index (χ0v) is 7.31. The van der Waals surface area contributed by atoms with Crippen molar-refractivity contribution in [2.24, 2.45) is 0 Å². The largest absolute Gasteiger partial charge is 1.00 e. The molecule has 0 amide bonds. The van der Waals surface area contributed by atoms with Gasteiger partial charge in [0, 0.05) is 0 Å². The van der Waals surface area contributed by atoms with E-state index in [4.69, 9.17) is 6.85 Å². The van der Waals surface area contributed by atoms with Crippen LogP contribution < -0.4 is 18.9 Å². The summed E-state index contributed by atoms with van der Waals surface area (Å²) in [4.78, 5) is 0. The summed E-state index contributed by atoms with van der Waals surface area (Å²) in [6, 6.07) is 8.18. The monoisotopic (exact) mass is 165 g/mol. The SMILES string of the molecule is [2H]c1c([2H])c([2H])c(-c2c[c-]ccc2)c([2H])c1[2H].[Li+]. The molecule has 0 unspecified atom stereocenters. The Labute approximate surface area is 97.8 Å². The molecule has 0 bridgehead atoms. The van der Waals surface area contributed by atoms with E-state index < -0.39 is 0 Å². The Morgan fingerprint density at radius 1 is 1.08 bits per heavy atom. The summed E-state index contributed by atoms with van der Waals surface area (Å²) < 4.78 is 38.2. The van der Waals surface area contributed by atoms with Crippen LogP contribution in [0.4, 0.5) is 0 Å². The minimum Gasteiger partial charge on any atom is -0.183 e. The Hall–Kier alpha value is -0.963. The first-order valence-electron chi connectivity index (χ1n) is 6.07. The first-order valence-corrected chi connectivity index (χ1v) is 3.57. The van der Waals surface area contributed by atoms with E-state index in [-0.39, 0.29) is 54.6 Å². The summed E-state index contributed by atoms with van der Waals surface area (Å²) in [6.07, 6.45) is 0. The van der Waals surface area contributed by atoms with Crippen LogP contribution >= 0.6 is 0 Å². The molecule has 0 saturated heterocycles. The molecule has 0 atom stereocenters. The fourth-order valence-electron chi connectivity index (χ4n) is 0.943. The van der Waals surface area contributed by atoms with Crippen molar-refractivity contribution < 1.29 is 25.7 Å². The molecule has 2 aromatic carbocycles. The van der Waals surface area contributed by atoms with Crippen molar-refractivity contribution in [2.75, 3.05) is 0 Å². The van der Waals surface area contributed by atoms with Crippen molar-refractivity contribution in [3.63, 3.8) is 0 Å². The van der Waals surface area contributed by atoms with E-state index in [1.807, 2.05) is 0 Å². The maximum absolute atomic E-state index is 7.79. The van der Waals surface area contributed by atoms with Gasteiger partial charge in [0.1, 0.15) is 0 Å². The predicted octanol–water partition coefficient (Wildman–Crippen LogP) is 0.158. The fraction of sp³-hybridized carbons (Fsp3) is 0. The number of hydrogen-bond acceptors (Lipinski definition) is 0. The average Bonchev–Trinajstić information content (AvgIpc) is 2.36. The molecule has 0 aliphatic heterocycles. The normalized spacial score (nSPS) is 14.3. The smallest absolute Gasteiger partial charge is 0.183 e. The van der Waals surface area contributed by atoms with Crippen LogP contribution in [0.2, 0.25) is 0 Å². The third-order valence-corrected chi connectivity index (χ3v) is 1.50. The molecule has 0 N–H and O–H groups in total. The molecule has 0 heterocycles. The van der Waals surface area contributed by atoms with Gasteiger partial charge in [0.2, 0.25) is 0 Å². The molecule has 0 aromatic heterocycles. The second-order valence-corrected chi connectivity index (χ2v) is 2.29. The van der Waals surface area contributed by atoms with E-state index in [1.165, 1.54) is 0 Å². The molecule has 0 nitrogen and oxygen atoms in total. The standard InChI is InChI=1S/C12H9.Li/c1-3-7-11(8-4-1)12-9-5-2-6-10-12;/h1-5,7-10H;/q-1;+1/i1D,3D,4D,7D,8D;. The molecule has 0 radical (unpaired) electrons. The minimum atomic E-state index is -0.372. The van der Waals surface area contributed by atoms with Crippen LogP contribution in [0.5, 0.6) is 0 Å². The van der Waals surface area contributed by atoms with E-state index in [2.05, 4.69) is 6.07 Å². The first kappa shape index (κ1) is 5.05. The minimum absolute atomic E-state index is 0. The van der Waals surface area contributed by atoms with Gasteiger partial charge < -0.3 is 0 Å². The van der Waals surface area contributed by atoms with Crippen molar-refractivity contribution in [3.05, 3.63) is 60.5 Å². The van der Waals surface area contributed by atoms with Crippen molar-refractivity contribution in [1.82, 2.24) is 0 Å². The Bertz CT molecular complexity index is 539. The fourth-order valence-corrected chi connectivity index (χ4v) is 0.943. The number of benzene rings is 2. The van der Waals surface area contributed by atoms with Crippen molar-refractivity contribution >= 4 is 0 Å². The molecule has 13 heavy (non-hydrogen) atoms. The van der Waals surface area contributed by atoms with E-state index >= 15 is 0 Å². The molecule has 2 aromatic rings. The van der Waals surface area contributed by atoms with Gasteiger partial charge in [-0.3, -0.25) is 0 Å². The molecule has 0 aliphatic carbocycles. The third-order valence-electron chi connectivity index (χ3n) is 1.50. The molecule has 58 valence electrons. The maximum Gasteiger partial charge on any atom is 1.00 e. The Morgan fingerprint density at radius 3 is 2.46 bits per heavy atom. The van der Waals surface area contributed by atoms with Crippen LogP contribution in [0.25, 0.3) is 11.1 Å². The van der Waals surface area contributed by atoms with Gasteiger partial charge in [-0.1, -0.05) is 35.8 Å². The van der Waals surface area contributed by atoms with Crippen LogP contribution in [-0.2, 0) is 0 Å². The Balaban J connectivity index is 0.00000162. The quantitative estimate of drug-likeness (QED) is 0.417. The summed E-state index contributed by atoms with van der Waals surface area (Å²) >= 11 is 0. The van der Waals surface area contributed by atoms with Gasteiger partial charge in [-0.25, -0.2) is 0 Å². The number of rotatable bonds is 1. The van der Waals surface area contributed by atoms with Gasteiger partial charge in [0.15, 0.2) is 0 Å². The third kappa shape index (κ3) is 2.49. The number of hydrogen-bond donors (Lipinski definition) is 0. The molecule has 1 heteroatoms. The van der Waals surface area contributed by atoms with E-state index in [0.29, 0.717) is 5.56 Å². The first-order chi connectivity index (χ1) is 8.04. The summed E-state index contributed by atoms with van der Waals surface area (Å²) in [7, 11) is 0. The summed E-state index contributed by atoms with van der Waals surface area (Å²) in [5.41, 5.74) is 0.789. The van der Waals surface area contributed by atoms with Gasteiger partial charge in [-0.2, -0.15) is 30.3 Å². The van der Waals surface area contributed by atoms with Gasteiger partial charge in [-0.05, 0) is 0 Å². The van der Waals surface area contributed by atoms with Gasteiger partial charge in [0.05, 0.1) is 6.85 Å². The second kappa shape index (κ2) is 4.92. The van der Waals surface area contributed by atoms with Crippen LogP contribution in [0.15, 0.2) is 54.5 Å².